The fourth-order valence-corrected chi connectivity index (χ4v) is 10.9. The zero-order valence-electron chi connectivity index (χ0n) is 64.9. The number of hydrogen-bond acceptors (Lipinski definition) is 22. The number of nitrogens with one attached hydrogen (secondary N) is 12. The standard InChI is InChI=1S/C67H123N33O14/c1-37(101)91-49(35-38-21-23-39(102)24-22-38)53(106)90-36-51(104)92-41(16-8-30-85-63(74)75)54(107)94-42(13-3-5-27-68)56(109)95-43(14-4-6-28-69)57(110)97-47(20-12-34-89-67(82)83-2)59(112)98-46(19-11-33-88-66(80)81)60(113)100-48(25-26-50(70)103)61(114)99-45(18-10-32-87-65(78)79)58(111)96-44(17-9-31-86-64(76)77)55(108)93-40(52(71)105)15-7-29-84-62(72)73/h21-24,40-49,102H,3-20,25-36,68-69H2,1-2H3,(H2,70,103)(H2,71,105)(H,90,106)(H,91,101)(H,92,104)(H,93,108)(H,94,107)(H,95,109)(H,96,111)(H,97,110)(H,98,112)(H,99,114)(H,100,113)(H4,72,73,84)(H4,74,75,85)(H4,76,77,86)(H4,78,79,87)(H4,80,81,88)(H3,82,83,89)/t40-,41-,42-,43-,44-,45-,46-,47-,48-,49-/m0/s1. The van der Waals surface area contributed by atoms with Crippen molar-refractivity contribution >= 4 is 113 Å². The van der Waals surface area contributed by atoms with Crippen LogP contribution in [0.4, 0.5) is 0 Å². The van der Waals surface area contributed by atoms with E-state index in [1.807, 2.05) is 0 Å². The van der Waals surface area contributed by atoms with Crippen molar-refractivity contribution in [2.45, 2.75) is 202 Å². The molecular formula is C67H123N33O14. The molecule has 0 fully saturated rings. The molecule has 0 unspecified atom stereocenters. The Bertz CT molecular complexity index is 3430. The minimum atomic E-state index is -1.72. The average Bonchev–Trinajstić information content (AvgIpc) is 0.861. The van der Waals surface area contributed by atoms with E-state index in [4.69, 9.17) is 86.0 Å². The van der Waals surface area contributed by atoms with Crippen LogP contribution in [0.2, 0.25) is 0 Å². The van der Waals surface area contributed by atoms with Crippen LogP contribution in [0.15, 0.2) is 54.2 Å². The van der Waals surface area contributed by atoms with Crippen LogP contribution < -0.4 is 150 Å². The lowest BCUT2D eigenvalue weighted by atomic mass is 10.0. The van der Waals surface area contributed by atoms with E-state index in [-0.39, 0.29) is 203 Å². The largest absolute Gasteiger partial charge is 0.508 e. The Morgan fingerprint density at radius 2 is 0.649 bits per heavy atom. The number of phenols is 1. The second-order valence-electron chi connectivity index (χ2n) is 26.3. The molecule has 114 heavy (non-hydrogen) atoms. The quantitative estimate of drug-likeness (QED) is 0.0164. The lowest BCUT2D eigenvalue weighted by Gasteiger charge is -2.28. The molecule has 1 rings (SSSR count). The number of guanidine groups is 6. The van der Waals surface area contributed by atoms with Crippen molar-refractivity contribution < 1.29 is 67.4 Å². The second-order valence-corrected chi connectivity index (χ2v) is 26.3. The molecule has 10 atom stereocenters. The number of nitrogens with two attached hydrogens (primary N) is 15. The van der Waals surface area contributed by atoms with Gasteiger partial charge >= 0.3 is 0 Å². The van der Waals surface area contributed by atoms with Crippen LogP contribution in [0.3, 0.4) is 0 Å². The van der Waals surface area contributed by atoms with E-state index < -0.39 is 157 Å². The molecule has 0 heterocycles. The molecule has 1 aromatic carbocycles. The van der Waals surface area contributed by atoms with Gasteiger partial charge in [-0.1, -0.05) is 12.1 Å². The summed E-state index contributed by atoms with van der Waals surface area (Å²) in [6.45, 7) is 0.791. The van der Waals surface area contributed by atoms with Crippen LogP contribution in [-0.2, 0) is 68.7 Å². The Kier molecular flexibility index (Phi) is 49.7. The van der Waals surface area contributed by atoms with Gasteiger partial charge in [0, 0.05) is 66.1 Å². The number of amides is 13. The maximum absolute atomic E-state index is 14.9. The van der Waals surface area contributed by atoms with Gasteiger partial charge in [0.1, 0.15) is 66.2 Å². The van der Waals surface area contributed by atoms with Crippen molar-refractivity contribution in [1.82, 2.24) is 63.8 Å². The summed E-state index contributed by atoms with van der Waals surface area (Å²) < 4.78 is 0. The first-order valence-corrected chi connectivity index (χ1v) is 37.3. The van der Waals surface area contributed by atoms with Gasteiger partial charge in [-0.3, -0.25) is 92.3 Å². The third-order valence-electron chi connectivity index (χ3n) is 16.8. The Morgan fingerprint density at radius 3 is 0.947 bits per heavy atom. The SMILES string of the molecule is CN=C(N)NCCC[C@H](NC(=O)[C@H](CCCCN)NC(=O)[C@H](CCCCN)NC(=O)[C@H](CCCN=C(N)N)NC(=O)CNC(=O)[C@H](Cc1ccc(O)cc1)NC(C)=O)C(=O)N[C@@H](CCCN=C(N)N)C(=O)N[C@@H](CCC(N)=O)C(=O)N[C@@H](CCCN=C(N)N)C(=O)N[C@@H](CCCN=C(N)N)C(=O)N[C@@H](CCCN=C(N)N)C(N)=O. The van der Waals surface area contributed by atoms with Crippen LogP contribution >= 0.6 is 0 Å². The summed E-state index contributed by atoms with van der Waals surface area (Å²) in [6.07, 6.45) is -0.545. The smallest absolute Gasteiger partial charge is 0.243 e. The maximum Gasteiger partial charge on any atom is 0.243 e. The molecule has 1 aromatic rings. The molecule has 13 amide bonds. The van der Waals surface area contributed by atoms with Gasteiger partial charge in [0.25, 0.3) is 0 Å². The van der Waals surface area contributed by atoms with Gasteiger partial charge in [0.05, 0.1) is 6.54 Å². The number of phenolic OH excluding ortho intramolecular Hbond substituents is 1. The Balaban J connectivity index is 3.95. The van der Waals surface area contributed by atoms with E-state index in [2.05, 4.69) is 93.8 Å². The van der Waals surface area contributed by atoms with Crippen molar-refractivity contribution in [2.24, 2.45) is 116 Å². The van der Waals surface area contributed by atoms with Crippen LogP contribution in [0, 0.1) is 0 Å². The third kappa shape index (κ3) is 45.7. The summed E-state index contributed by atoms with van der Waals surface area (Å²) in [4.78, 5) is 205. The van der Waals surface area contributed by atoms with Gasteiger partial charge in [0.2, 0.25) is 76.8 Å². The summed E-state index contributed by atoms with van der Waals surface area (Å²) in [5, 5.41) is 41.1. The van der Waals surface area contributed by atoms with Crippen molar-refractivity contribution in [1.29, 1.82) is 0 Å². The fraction of sp³-hybridized carbons (Fsp3) is 0.627. The molecule has 640 valence electrons. The van der Waals surface area contributed by atoms with E-state index >= 15 is 0 Å². The van der Waals surface area contributed by atoms with Crippen molar-refractivity contribution in [3.8, 4) is 5.75 Å². The topological polar surface area (TPSA) is 851 Å². The van der Waals surface area contributed by atoms with Gasteiger partial charge in [-0.05, 0) is 153 Å². The molecule has 0 spiro atoms. The fourth-order valence-electron chi connectivity index (χ4n) is 10.9. The summed E-state index contributed by atoms with van der Waals surface area (Å²) >= 11 is 0. The number of unbranched alkanes of at least 4 members (excludes halogenated alkanes) is 2. The Labute approximate surface area is 661 Å². The predicted molar refractivity (Wildman–Crippen MR) is 428 cm³/mol. The van der Waals surface area contributed by atoms with Crippen LogP contribution in [0.1, 0.15) is 141 Å². The molecule has 0 bridgehead atoms. The van der Waals surface area contributed by atoms with E-state index in [1.54, 1.807) is 12.1 Å². The molecule has 47 nitrogen and oxygen atoms in total. The number of nitrogens with zero attached hydrogens (tertiary/aromatic N) is 6. The number of primary amides is 2. The minimum absolute atomic E-state index is 0.000462. The van der Waals surface area contributed by atoms with Crippen LogP contribution in [0.5, 0.6) is 5.75 Å². The third-order valence-corrected chi connectivity index (χ3v) is 16.8. The normalized spacial score (nSPS) is 13.6. The summed E-state index contributed by atoms with van der Waals surface area (Å²) in [5.41, 5.74) is 84.8. The average molecular weight is 1610 g/mol. The molecule has 0 aliphatic heterocycles. The number of aliphatic imine (C=N–C) groups is 6. The summed E-state index contributed by atoms with van der Waals surface area (Å²) in [6, 6.07) is -8.75. The monoisotopic (exact) mass is 1610 g/mol. The Morgan fingerprint density at radius 1 is 0.351 bits per heavy atom. The maximum atomic E-state index is 14.9. The molecule has 0 saturated carbocycles. The number of carbonyl (C=O) groups is 13. The first kappa shape index (κ1) is 99.7. The zero-order valence-corrected chi connectivity index (χ0v) is 64.9. The lowest BCUT2D eigenvalue weighted by molar-refractivity contribution is -0.136. The Hall–Kier alpha value is -12.3. The number of aromatic hydroxyl groups is 1. The zero-order chi connectivity index (χ0) is 85.7. The number of carbonyl (C=O) groups excluding carboxylic acids is 13. The van der Waals surface area contributed by atoms with E-state index in [0.717, 1.165) is 0 Å². The molecule has 43 N–H and O–H groups in total. The number of hydrogen-bond donors (Lipinski definition) is 28. The van der Waals surface area contributed by atoms with Crippen LogP contribution in [0.25, 0.3) is 0 Å². The molecule has 0 radical (unpaired) electrons. The van der Waals surface area contributed by atoms with Crippen molar-refractivity contribution in [3.63, 3.8) is 0 Å². The first-order valence-electron chi connectivity index (χ1n) is 37.3. The highest BCUT2D eigenvalue weighted by atomic mass is 16.3. The molecular weight excluding hydrogens is 1490 g/mol. The summed E-state index contributed by atoms with van der Waals surface area (Å²) in [7, 11) is 1.42. The van der Waals surface area contributed by atoms with Crippen molar-refractivity contribution in [3.05, 3.63) is 29.8 Å². The van der Waals surface area contributed by atoms with Gasteiger partial charge in [-0.2, -0.15) is 0 Å². The highest BCUT2D eigenvalue weighted by Crippen LogP contribution is 2.15. The van der Waals surface area contributed by atoms with E-state index in [9.17, 15) is 67.4 Å². The minimum Gasteiger partial charge on any atom is -0.508 e. The number of benzene rings is 1. The highest BCUT2D eigenvalue weighted by molar-refractivity contribution is 5.99. The van der Waals surface area contributed by atoms with Gasteiger partial charge < -0.3 is 155 Å². The molecule has 47 heteroatoms. The molecule has 0 saturated heterocycles. The first-order chi connectivity index (χ1) is 54.0. The van der Waals surface area contributed by atoms with Gasteiger partial charge in [0.15, 0.2) is 35.8 Å². The molecule has 0 aliphatic rings. The van der Waals surface area contributed by atoms with E-state index in [1.165, 1.54) is 26.1 Å². The van der Waals surface area contributed by atoms with E-state index in [0.29, 0.717) is 18.4 Å². The number of rotatable bonds is 59. The molecule has 0 aliphatic carbocycles. The van der Waals surface area contributed by atoms with Gasteiger partial charge in [-0.25, -0.2) is 0 Å². The highest BCUT2D eigenvalue weighted by Gasteiger charge is 2.36. The summed E-state index contributed by atoms with van der Waals surface area (Å²) in [5.74, 6) is -13.1. The van der Waals surface area contributed by atoms with Crippen LogP contribution in [-0.4, -0.2) is 244 Å². The predicted octanol–water partition coefficient (Wildman–Crippen LogP) is -11.5. The van der Waals surface area contributed by atoms with Gasteiger partial charge in [-0.15, -0.1) is 0 Å². The molecule has 0 aromatic heterocycles. The second kappa shape index (κ2) is 56.8. The van der Waals surface area contributed by atoms with Crippen molar-refractivity contribution in [2.75, 3.05) is 66.0 Å². The lowest BCUT2D eigenvalue weighted by Crippen LogP contribution is -2.60.